The predicted molar refractivity (Wildman–Crippen MR) is 123 cm³/mol. The molecule has 2 heterocycles. The number of hydrogen-bond donors (Lipinski definition) is 1. The first-order valence-corrected chi connectivity index (χ1v) is 13.0. The van der Waals surface area contributed by atoms with Gasteiger partial charge in [-0.2, -0.15) is 4.31 Å². The lowest BCUT2D eigenvalue weighted by atomic mass is 10.1. The van der Waals surface area contributed by atoms with E-state index in [1.165, 1.54) is 41.0 Å². The van der Waals surface area contributed by atoms with Crippen molar-refractivity contribution in [3.8, 4) is 5.75 Å². The third-order valence-electron chi connectivity index (χ3n) is 5.65. The van der Waals surface area contributed by atoms with E-state index in [1.807, 2.05) is 0 Å². The van der Waals surface area contributed by atoms with Gasteiger partial charge >= 0.3 is 5.97 Å². The third kappa shape index (κ3) is 4.63. The molecule has 178 valence electrons. The van der Waals surface area contributed by atoms with Gasteiger partial charge in [-0.25, -0.2) is 13.2 Å². The van der Waals surface area contributed by atoms with Gasteiger partial charge < -0.3 is 19.5 Å². The molecule has 2 aliphatic rings. The monoisotopic (exact) mass is 494 g/mol. The Kier molecular flexibility index (Phi) is 7.03. The molecular formula is C22H26N2O7S2. The lowest BCUT2D eigenvalue weighted by molar-refractivity contribution is 0.0527. The first-order chi connectivity index (χ1) is 15.9. The average molecular weight is 495 g/mol. The van der Waals surface area contributed by atoms with E-state index in [0.29, 0.717) is 23.8 Å². The molecule has 1 saturated heterocycles. The van der Waals surface area contributed by atoms with E-state index in [1.54, 1.807) is 6.92 Å². The molecule has 1 aliphatic heterocycles. The number of fused-ring (bicyclic) bond motifs is 1. The van der Waals surface area contributed by atoms with Gasteiger partial charge in [0.1, 0.15) is 10.8 Å². The molecule has 33 heavy (non-hydrogen) atoms. The van der Waals surface area contributed by atoms with E-state index in [0.717, 1.165) is 29.7 Å². The van der Waals surface area contributed by atoms with Crippen LogP contribution in [0.1, 0.15) is 44.5 Å². The van der Waals surface area contributed by atoms with E-state index in [4.69, 9.17) is 14.2 Å². The Morgan fingerprint density at radius 2 is 1.97 bits per heavy atom. The number of hydrogen-bond acceptors (Lipinski definition) is 8. The Balaban J connectivity index is 1.66. The maximum absolute atomic E-state index is 13.2. The van der Waals surface area contributed by atoms with Crippen LogP contribution < -0.4 is 10.1 Å². The number of nitrogens with one attached hydrogen (secondary N) is 1. The van der Waals surface area contributed by atoms with Crippen LogP contribution in [0.5, 0.6) is 5.75 Å². The fourth-order valence-corrected chi connectivity index (χ4v) is 6.75. The van der Waals surface area contributed by atoms with E-state index < -0.39 is 21.9 Å². The summed E-state index contributed by atoms with van der Waals surface area (Å²) in [5.41, 5.74) is 1.37. The van der Waals surface area contributed by atoms with Gasteiger partial charge in [0.05, 0.1) is 43.0 Å². The molecule has 1 amide bonds. The summed E-state index contributed by atoms with van der Waals surface area (Å²) in [4.78, 5) is 26.9. The number of esters is 1. The fourth-order valence-electron chi connectivity index (χ4n) is 4.04. The molecule has 0 radical (unpaired) electrons. The molecule has 1 fully saturated rings. The molecule has 1 aromatic carbocycles. The number of nitrogens with zero attached hydrogens (tertiary/aromatic N) is 1. The summed E-state index contributed by atoms with van der Waals surface area (Å²) in [6.07, 6.45) is 2.56. The van der Waals surface area contributed by atoms with Crippen LogP contribution in [0.3, 0.4) is 0 Å². The van der Waals surface area contributed by atoms with Gasteiger partial charge in [-0.05, 0) is 49.9 Å². The maximum atomic E-state index is 13.2. The summed E-state index contributed by atoms with van der Waals surface area (Å²) in [7, 11) is -2.39. The van der Waals surface area contributed by atoms with Crippen molar-refractivity contribution in [2.45, 2.75) is 31.1 Å². The fraction of sp³-hybridized carbons (Fsp3) is 0.455. The lowest BCUT2D eigenvalue weighted by Crippen LogP contribution is -2.40. The Morgan fingerprint density at radius 1 is 1.21 bits per heavy atom. The van der Waals surface area contributed by atoms with Crippen LogP contribution in [0, 0.1) is 0 Å². The number of carbonyl (C=O) groups is 2. The lowest BCUT2D eigenvalue weighted by Gasteiger charge is -2.26. The number of ether oxygens (including phenoxy) is 3. The summed E-state index contributed by atoms with van der Waals surface area (Å²) in [6, 6.07) is 4.19. The molecule has 9 nitrogen and oxygen atoms in total. The average Bonchev–Trinajstić information content (AvgIpc) is 3.40. The number of thiophene rings is 1. The first kappa shape index (κ1) is 23.7. The molecule has 0 bridgehead atoms. The first-order valence-electron chi connectivity index (χ1n) is 10.8. The molecular weight excluding hydrogens is 468 g/mol. The number of anilines is 1. The van der Waals surface area contributed by atoms with E-state index >= 15 is 0 Å². The number of benzene rings is 1. The van der Waals surface area contributed by atoms with Crippen molar-refractivity contribution in [1.82, 2.24) is 4.31 Å². The normalized spacial score (nSPS) is 16.3. The second-order valence-corrected chi connectivity index (χ2v) is 10.7. The van der Waals surface area contributed by atoms with Crippen LogP contribution >= 0.6 is 11.3 Å². The Labute approximate surface area is 196 Å². The van der Waals surface area contributed by atoms with Gasteiger partial charge in [0.2, 0.25) is 10.0 Å². The van der Waals surface area contributed by atoms with Gasteiger partial charge in [-0.1, -0.05) is 0 Å². The maximum Gasteiger partial charge on any atom is 0.341 e. The van der Waals surface area contributed by atoms with Gasteiger partial charge in [0.25, 0.3) is 5.91 Å². The molecule has 2 aromatic rings. The highest BCUT2D eigenvalue weighted by Gasteiger charge is 2.31. The number of aryl methyl sites for hydroxylation is 1. The minimum atomic E-state index is -3.80. The highest BCUT2D eigenvalue weighted by molar-refractivity contribution is 7.89. The van der Waals surface area contributed by atoms with Gasteiger partial charge in [-0.3, -0.25) is 4.79 Å². The Hall–Kier alpha value is -2.47. The number of carbonyl (C=O) groups excluding carboxylic acids is 2. The van der Waals surface area contributed by atoms with Crippen LogP contribution in [-0.4, -0.2) is 64.6 Å². The molecule has 1 aromatic heterocycles. The summed E-state index contributed by atoms with van der Waals surface area (Å²) in [5, 5.41) is 3.21. The van der Waals surface area contributed by atoms with Crippen molar-refractivity contribution < 1.29 is 32.2 Å². The van der Waals surface area contributed by atoms with Gasteiger partial charge in [-0.15, -0.1) is 11.3 Å². The molecule has 1 aliphatic carbocycles. The predicted octanol–water partition coefficient (Wildman–Crippen LogP) is 2.70. The second kappa shape index (κ2) is 9.80. The summed E-state index contributed by atoms with van der Waals surface area (Å²) in [6.45, 7) is 3.10. The number of methoxy groups -OCH3 is 1. The van der Waals surface area contributed by atoms with Gasteiger partial charge in [0.15, 0.2) is 0 Å². The van der Waals surface area contributed by atoms with Crippen molar-refractivity contribution in [2.75, 3.05) is 45.3 Å². The molecule has 4 rings (SSSR count). The molecule has 0 atom stereocenters. The molecule has 11 heteroatoms. The third-order valence-corrected chi connectivity index (χ3v) is 8.75. The quantitative estimate of drug-likeness (QED) is 0.589. The number of rotatable bonds is 7. The highest BCUT2D eigenvalue weighted by atomic mass is 32.2. The molecule has 0 spiro atoms. The minimum absolute atomic E-state index is 0.00496. The van der Waals surface area contributed by atoms with Crippen LogP contribution in [0.25, 0.3) is 0 Å². The number of amides is 1. The molecule has 0 saturated carbocycles. The number of morpholine rings is 1. The zero-order chi connectivity index (χ0) is 23.6. The molecule has 0 unspecified atom stereocenters. The smallest absolute Gasteiger partial charge is 0.341 e. The van der Waals surface area contributed by atoms with Gasteiger partial charge in [0, 0.05) is 18.0 Å². The van der Waals surface area contributed by atoms with Crippen molar-refractivity contribution in [3.63, 3.8) is 0 Å². The Morgan fingerprint density at radius 3 is 2.67 bits per heavy atom. The van der Waals surface area contributed by atoms with Crippen molar-refractivity contribution in [3.05, 3.63) is 39.8 Å². The minimum Gasteiger partial charge on any atom is -0.496 e. The van der Waals surface area contributed by atoms with Crippen LogP contribution in [0.4, 0.5) is 5.00 Å². The Bertz CT molecular complexity index is 1170. The number of sulfonamides is 1. The molecule has 1 N–H and O–H groups in total. The summed E-state index contributed by atoms with van der Waals surface area (Å²) >= 11 is 1.36. The van der Waals surface area contributed by atoms with Crippen LogP contribution in [0.15, 0.2) is 23.1 Å². The largest absolute Gasteiger partial charge is 0.496 e. The zero-order valence-electron chi connectivity index (χ0n) is 18.5. The standard InChI is InChI=1S/C22H26N2O7S2/c1-3-31-22(26)19-15-5-4-6-18(15)32-21(19)23-20(25)16-13-14(7-8-17(16)29-2)33(27,28)24-9-11-30-12-10-24/h7-8,13H,3-6,9-12H2,1-2H3,(H,23,25). The second-order valence-electron chi connectivity index (χ2n) is 7.61. The topological polar surface area (TPSA) is 111 Å². The van der Waals surface area contributed by atoms with E-state index in [-0.39, 0.29) is 35.9 Å². The van der Waals surface area contributed by atoms with Crippen LogP contribution in [-0.2, 0) is 32.3 Å². The van der Waals surface area contributed by atoms with Crippen molar-refractivity contribution >= 4 is 38.2 Å². The SMILES string of the molecule is CCOC(=O)c1c(NC(=O)c2cc(S(=O)(=O)N3CCOCC3)ccc2OC)sc2c1CCC2. The van der Waals surface area contributed by atoms with E-state index in [9.17, 15) is 18.0 Å². The van der Waals surface area contributed by atoms with E-state index in [2.05, 4.69) is 5.32 Å². The summed E-state index contributed by atoms with van der Waals surface area (Å²) < 4.78 is 43.2. The zero-order valence-corrected chi connectivity index (χ0v) is 20.1. The van der Waals surface area contributed by atoms with Crippen molar-refractivity contribution in [2.24, 2.45) is 0 Å². The highest BCUT2D eigenvalue weighted by Crippen LogP contribution is 2.40. The summed E-state index contributed by atoms with van der Waals surface area (Å²) in [5.74, 6) is -0.797. The van der Waals surface area contributed by atoms with Crippen molar-refractivity contribution in [1.29, 1.82) is 0 Å². The van der Waals surface area contributed by atoms with Crippen LogP contribution in [0.2, 0.25) is 0 Å².